The van der Waals surface area contributed by atoms with Crippen LogP contribution in [0.15, 0.2) is 42.5 Å². The van der Waals surface area contributed by atoms with Crippen LogP contribution < -0.4 is 19.9 Å². The van der Waals surface area contributed by atoms with Crippen LogP contribution in [-0.2, 0) is 0 Å². The summed E-state index contributed by atoms with van der Waals surface area (Å²) in [4.78, 5) is 14.7. The van der Waals surface area contributed by atoms with Crippen molar-refractivity contribution in [3.05, 3.63) is 48.3 Å². The van der Waals surface area contributed by atoms with E-state index in [1.165, 1.54) is 24.9 Å². The Bertz CT molecular complexity index is 1150. The number of aromatic nitrogens is 2. The first-order valence-electron chi connectivity index (χ1n) is 13.7. The Hall–Kier alpha value is -3.02. The van der Waals surface area contributed by atoms with Crippen molar-refractivity contribution < 1.29 is 4.74 Å². The number of para-hydroxylation sites is 2. The highest BCUT2D eigenvalue weighted by atomic mass is 16.5. The van der Waals surface area contributed by atoms with Gasteiger partial charge in [0, 0.05) is 49.7 Å². The van der Waals surface area contributed by atoms with Crippen LogP contribution >= 0.6 is 0 Å². The van der Waals surface area contributed by atoms with Crippen LogP contribution in [0.5, 0.6) is 5.75 Å². The summed E-state index contributed by atoms with van der Waals surface area (Å²) >= 11 is 0. The third-order valence-corrected chi connectivity index (χ3v) is 7.40. The smallest absolute Gasteiger partial charge is 0.142 e. The number of anilines is 3. The minimum atomic E-state index is 0.317. The van der Waals surface area contributed by atoms with E-state index in [-0.39, 0.29) is 0 Å². The summed E-state index contributed by atoms with van der Waals surface area (Å²) in [6, 6.07) is 15.6. The molecule has 0 aliphatic heterocycles. The van der Waals surface area contributed by atoms with Crippen LogP contribution in [0.3, 0.4) is 0 Å². The molecule has 2 unspecified atom stereocenters. The van der Waals surface area contributed by atoms with E-state index < -0.39 is 0 Å². The van der Waals surface area contributed by atoms with Crippen molar-refractivity contribution >= 4 is 28.1 Å². The van der Waals surface area contributed by atoms with Gasteiger partial charge in [0.2, 0.25) is 0 Å². The maximum atomic E-state index is 5.65. The molecule has 1 aromatic heterocycles. The van der Waals surface area contributed by atoms with E-state index in [1.807, 2.05) is 26.0 Å². The number of hydrogen-bond donors (Lipinski definition) is 1. The standard InChI is InChI=1S/C28H37N5O.C2H6/c1-5-17-32(2)20-15-16-22-21(18-20)28(31-27(29-22)19-13-14-19)30-23-9-8-11-24(23)33(3)25-10-6-7-12-26(25)34-4;1-2/h6-7,10,12,15-16,18-19,23-24H,5,8-9,11,13-14,17H2,1-4H3,(H,29,30,31);1-2H3. The van der Waals surface area contributed by atoms with Gasteiger partial charge in [-0.25, -0.2) is 9.97 Å². The lowest BCUT2D eigenvalue weighted by atomic mass is 10.1. The van der Waals surface area contributed by atoms with Crippen molar-refractivity contribution in [1.29, 1.82) is 0 Å². The highest BCUT2D eigenvalue weighted by Gasteiger charge is 2.33. The van der Waals surface area contributed by atoms with Gasteiger partial charge < -0.3 is 19.9 Å². The first kappa shape index (κ1) is 26.1. The number of nitrogens with one attached hydrogen (secondary N) is 1. The lowest BCUT2D eigenvalue weighted by molar-refractivity contribution is 0.413. The Morgan fingerprint density at radius 2 is 1.78 bits per heavy atom. The summed E-state index contributed by atoms with van der Waals surface area (Å²) in [5.74, 6) is 3.42. The molecule has 2 saturated carbocycles. The van der Waals surface area contributed by atoms with Crippen LogP contribution in [0.1, 0.15) is 71.0 Å². The molecule has 194 valence electrons. The Labute approximate surface area is 217 Å². The largest absolute Gasteiger partial charge is 0.495 e. The molecule has 0 amide bonds. The molecule has 0 bridgehead atoms. The predicted molar refractivity (Wildman–Crippen MR) is 153 cm³/mol. The number of ether oxygens (including phenoxy) is 1. The van der Waals surface area contributed by atoms with Gasteiger partial charge >= 0.3 is 0 Å². The SMILES string of the molecule is CC.CCCN(C)c1ccc2nc(C3CC3)nc(NC3CCCC3N(C)c3ccccc3OC)c2c1. The van der Waals surface area contributed by atoms with E-state index in [0.717, 1.165) is 59.8 Å². The van der Waals surface area contributed by atoms with E-state index in [9.17, 15) is 0 Å². The third kappa shape index (κ3) is 5.53. The van der Waals surface area contributed by atoms with E-state index in [1.54, 1.807) is 7.11 Å². The van der Waals surface area contributed by atoms with E-state index in [2.05, 4.69) is 66.5 Å². The van der Waals surface area contributed by atoms with Gasteiger partial charge in [-0.2, -0.15) is 0 Å². The maximum absolute atomic E-state index is 5.65. The molecular weight excluding hydrogens is 446 g/mol. The number of nitrogens with zero attached hydrogens (tertiary/aromatic N) is 4. The first-order valence-corrected chi connectivity index (χ1v) is 13.7. The van der Waals surface area contributed by atoms with Gasteiger partial charge in [-0.05, 0) is 68.9 Å². The highest BCUT2D eigenvalue weighted by Crippen LogP contribution is 2.41. The van der Waals surface area contributed by atoms with Crippen molar-refractivity contribution in [2.24, 2.45) is 0 Å². The molecule has 3 aromatic rings. The molecule has 6 nitrogen and oxygen atoms in total. The molecule has 0 spiro atoms. The molecule has 0 saturated heterocycles. The van der Waals surface area contributed by atoms with Crippen LogP contribution in [-0.4, -0.2) is 49.8 Å². The normalized spacial score (nSPS) is 18.9. The molecule has 2 aromatic carbocycles. The number of likely N-dealkylation sites (N-methyl/N-ethyl adjacent to an activating group) is 1. The fourth-order valence-corrected chi connectivity index (χ4v) is 5.32. The van der Waals surface area contributed by atoms with Gasteiger partial charge in [-0.15, -0.1) is 0 Å². The van der Waals surface area contributed by atoms with Crippen molar-refractivity contribution in [3.8, 4) is 5.75 Å². The van der Waals surface area contributed by atoms with E-state index in [0.29, 0.717) is 18.0 Å². The molecule has 2 aliphatic carbocycles. The fraction of sp³-hybridized carbons (Fsp3) is 0.533. The van der Waals surface area contributed by atoms with Gasteiger partial charge in [0.1, 0.15) is 17.4 Å². The monoisotopic (exact) mass is 489 g/mol. The molecule has 1 heterocycles. The molecule has 5 rings (SSSR count). The highest BCUT2D eigenvalue weighted by molar-refractivity contribution is 5.92. The topological polar surface area (TPSA) is 53.5 Å². The lowest BCUT2D eigenvalue weighted by Crippen LogP contribution is -2.42. The molecule has 36 heavy (non-hydrogen) atoms. The second-order valence-electron chi connectivity index (χ2n) is 9.86. The molecular formula is C30H43N5O. The number of methoxy groups -OCH3 is 1. The summed E-state index contributed by atoms with van der Waals surface area (Å²) in [7, 11) is 6.09. The Morgan fingerprint density at radius 1 is 1.00 bits per heavy atom. The average Bonchev–Trinajstić information content (AvgIpc) is 3.68. The van der Waals surface area contributed by atoms with Crippen molar-refractivity contribution in [2.45, 2.75) is 77.3 Å². The van der Waals surface area contributed by atoms with Gasteiger partial charge in [-0.1, -0.05) is 32.9 Å². The minimum absolute atomic E-state index is 0.317. The summed E-state index contributed by atoms with van der Waals surface area (Å²) in [6.07, 6.45) is 7.00. The summed E-state index contributed by atoms with van der Waals surface area (Å²) < 4.78 is 5.65. The molecule has 2 fully saturated rings. The zero-order valence-electron chi connectivity index (χ0n) is 22.9. The Kier molecular flexibility index (Phi) is 8.55. The average molecular weight is 490 g/mol. The van der Waals surface area contributed by atoms with Crippen molar-refractivity contribution in [1.82, 2.24) is 9.97 Å². The second-order valence-corrected chi connectivity index (χ2v) is 9.86. The van der Waals surface area contributed by atoms with E-state index in [4.69, 9.17) is 14.7 Å². The van der Waals surface area contributed by atoms with Crippen molar-refractivity contribution in [2.75, 3.05) is 42.9 Å². The van der Waals surface area contributed by atoms with Crippen LogP contribution in [0.25, 0.3) is 10.9 Å². The zero-order chi connectivity index (χ0) is 25.7. The van der Waals surface area contributed by atoms with Gasteiger partial charge in [-0.3, -0.25) is 0 Å². The van der Waals surface area contributed by atoms with Crippen molar-refractivity contribution in [3.63, 3.8) is 0 Å². The van der Waals surface area contributed by atoms with Gasteiger partial charge in [0.05, 0.1) is 18.3 Å². The first-order chi connectivity index (χ1) is 17.6. The van der Waals surface area contributed by atoms with E-state index >= 15 is 0 Å². The summed E-state index contributed by atoms with van der Waals surface area (Å²) in [6.45, 7) is 7.25. The van der Waals surface area contributed by atoms with Gasteiger partial charge in [0.15, 0.2) is 0 Å². The molecule has 0 radical (unpaired) electrons. The fourth-order valence-electron chi connectivity index (χ4n) is 5.32. The maximum Gasteiger partial charge on any atom is 0.142 e. The molecule has 2 atom stereocenters. The summed E-state index contributed by atoms with van der Waals surface area (Å²) in [5, 5.41) is 5.01. The molecule has 2 aliphatic rings. The Balaban J connectivity index is 0.00000148. The number of rotatable bonds is 9. The molecule has 6 heteroatoms. The molecule has 1 N–H and O–H groups in total. The second kappa shape index (κ2) is 11.8. The Morgan fingerprint density at radius 3 is 2.50 bits per heavy atom. The third-order valence-electron chi connectivity index (χ3n) is 7.40. The quantitative estimate of drug-likeness (QED) is 0.354. The number of benzene rings is 2. The number of fused-ring (bicyclic) bond motifs is 1. The van der Waals surface area contributed by atoms with Crippen LogP contribution in [0, 0.1) is 0 Å². The lowest BCUT2D eigenvalue weighted by Gasteiger charge is -2.33. The predicted octanol–water partition coefficient (Wildman–Crippen LogP) is 6.86. The minimum Gasteiger partial charge on any atom is -0.495 e. The van der Waals surface area contributed by atoms with Crippen LogP contribution in [0.4, 0.5) is 17.2 Å². The van der Waals surface area contributed by atoms with Gasteiger partial charge in [0.25, 0.3) is 0 Å². The number of hydrogen-bond acceptors (Lipinski definition) is 6. The zero-order valence-corrected chi connectivity index (χ0v) is 22.9. The summed E-state index contributed by atoms with van der Waals surface area (Å²) in [5.41, 5.74) is 3.40. The van der Waals surface area contributed by atoms with Crippen LogP contribution in [0.2, 0.25) is 0 Å².